The van der Waals surface area contributed by atoms with E-state index >= 15 is 0 Å². The van der Waals surface area contributed by atoms with Gasteiger partial charge >= 0.3 is 0 Å². The number of carbonyl (C=O) groups is 1. The molecule has 132 valence electrons. The molecule has 0 saturated carbocycles. The lowest BCUT2D eigenvalue weighted by atomic mass is 10.2. The summed E-state index contributed by atoms with van der Waals surface area (Å²) in [5.74, 6) is 1.45. The molecule has 6 heteroatoms. The lowest BCUT2D eigenvalue weighted by Gasteiger charge is -2.20. The number of rotatable bonds is 6. The molecule has 3 heterocycles. The summed E-state index contributed by atoms with van der Waals surface area (Å²) in [6, 6.07) is 13.8. The van der Waals surface area contributed by atoms with Crippen molar-refractivity contribution in [1.29, 1.82) is 0 Å². The number of benzene rings is 1. The Morgan fingerprint density at radius 3 is 2.35 bits per heavy atom. The van der Waals surface area contributed by atoms with Gasteiger partial charge in [0.15, 0.2) is 11.5 Å². The number of ether oxygens (including phenoxy) is 2. The molecule has 4 rings (SSSR count). The summed E-state index contributed by atoms with van der Waals surface area (Å²) in [5.41, 5.74) is 0.912. The molecular formula is C20H17NO3S2. The van der Waals surface area contributed by atoms with Crippen LogP contribution in [0.15, 0.2) is 59.3 Å². The average molecular weight is 383 g/mol. The summed E-state index contributed by atoms with van der Waals surface area (Å²) in [6.07, 6.45) is 3.44. The van der Waals surface area contributed by atoms with Gasteiger partial charge in [0.25, 0.3) is 0 Å². The van der Waals surface area contributed by atoms with Gasteiger partial charge in [-0.15, -0.1) is 22.7 Å². The summed E-state index contributed by atoms with van der Waals surface area (Å²) < 4.78 is 10.7. The van der Waals surface area contributed by atoms with Crippen molar-refractivity contribution in [2.45, 2.75) is 13.1 Å². The molecular weight excluding hydrogens is 366 g/mol. The fourth-order valence-corrected chi connectivity index (χ4v) is 4.12. The topological polar surface area (TPSA) is 38.8 Å². The van der Waals surface area contributed by atoms with E-state index < -0.39 is 0 Å². The molecule has 0 bridgehead atoms. The summed E-state index contributed by atoms with van der Waals surface area (Å²) in [5, 5.41) is 4.07. The molecule has 1 amide bonds. The Hall–Kier alpha value is -2.57. The molecule has 0 saturated heterocycles. The number of thiophene rings is 2. The van der Waals surface area contributed by atoms with Crippen molar-refractivity contribution >= 4 is 34.7 Å². The second-order valence-corrected chi connectivity index (χ2v) is 7.86. The normalized spacial score (nSPS) is 12.6. The Labute approximate surface area is 159 Å². The first kappa shape index (κ1) is 16.9. The Bertz CT molecular complexity index is 865. The van der Waals surface area contributed by atoms with Crippen LogP contribution >= 0.6 is 22.7 Å². The SMILES string of the molecule is O=C(C=Cc1ccc2c(c1)OCO2)N(Cc1cccs1)Cc1cccs1. The van der Waals surface area contributed by atoms with Gasteiger partial charge in [0.2, 0.25) is 12.7 Å². The lowest BCUT2D eigenvalue weighted by Crippen LogP contribution is -2.27. The molecule has 0 aliphatic carbocycles. The third-order valence-corrected chi connectivity index (χ3v) is 5.70. The first-order valence-corrected chi connectivity index (χ1v) is 9.95. The first-order chi connectivity index (χ1) is 12.8. The first-order valence-electron chi connectivity index (χ1n) is 8.19. The van der Waals surface area contributed by atoms with Crippen LogP contribution in [0.4, 0.5) is 0 Å². The second kappa shape index (κ2) is 7.76. The Balaban J connectivity index is 1.49. The van der Waals surface area contributed by atoms with Crippen LogP contribution in [0, 0.1) is 0 Å². The third-order valence-electron chi connectivity index (χ3n) is 3.98. The van der Waals surface area contributed by atoms with E-state index in [9.17, 15) is 4.79 Å². The molecule has 1 aliphatic rings. The summed E-state index contributed by atoms with van der Waals surface area (Å²) in [4.78, 5) is 17.0. The van der Waals surface area contributed by atoms with Gasteiger partial charge in [0.05, 0.1) is 13.1 Å². The number of carbonyl (C=O) groups excluding carboxylic acids is 1. The fraction of sp³-hybridized carbons (Fsp3) is 0.150. The van der Waals surface area contributed by atoms with Gasteiger partial charge in [-0.3, -0.25) is 4.79 Å². The van der Waals surface area contributed by atoms with Crippen molar-refractivity contribution in [3.63, 3.8) is 0 Å². The Morgan fingerprint density at radius 2 is 1.69 bits per heavy atom. The maximum absolute atomic E-state index is 12.8. The maximum atomic E-state index is 12.8. The summed E-state index contributed by atoms with van der Waals surface area (Å²) in [7, 11) is 0. The van der Waals surface area contributed by atoms with E-state index in [0.717, 1.165) is 11.3 Å². The minimum atomic E-state index is -0.00975. The van der Waals surface area contributed by atoms with E-state index in [2.05, 4.69) is 12.1 Å². The molecule has 1 aromatic carbocycles. The van der Waals surface area contributed by atoms with E-state index in [1.807, 2.05) is 52.1 Å². The average Bonchev–Trinajstić information content (AvgIpc) is 3.40. The molecule has 0 unspecified atom stereocenters. The van der Waals surface area contributed by atoms with Crippen LogP contribution in [0.2, 0.25) is 0 Å². The number of amides is 1. The van der Waals surface area contributed by atoms with E-state index in [0.29, 0.717) is 18.8 Å². The van der Waals surface area contributed by atoms with Crippen LogP contribution in [-0.2, 0) is 17.9 Å². The van der Waals surface area contributed by atoms with E-state index in [-0.39, 0.29) is 12.7 Å². The van der Waals surface area contributed by atoms with Crippen LogP contribution in [0.25, 0.3) is 6.08 Å². The van der Waals surface area contributed by atoms with E-state index in [4.69, 9.17) is 9.47 Å². The van der Waals surface area contributed by atoms with E-state index in [1.165, 1.54) is 9.75 Å². The van der Waals surface area contributed by atoms with Crippen molar-refractivity contribution < 1.29 is 14.3 Å². The number of nitrogens with zero attached hydrogens (tertiary/aromatic N) is 1. The summed E-state index contributed by atoms with van der Waals surface area (Å²) >= 11 is 3.33. The molecule has 26 heavy (non-hydrogen) atoms. The highest BCUT2D eigenvalue weighted by molar-refractivity contribution is 7.10. The van der Waals surface area contributed by atoms with Crippen molar-refractivity contribution in [3.8, 4) is 11.5 Å². The number of fused-ring (bicyclic) bond motifs is 1. The maximum Gasteiger partial charge on any atom is 0.247 e. The minimum Gasteiger partial charge on any atom is -0.454 e. The highest BCUT2D eigenvalue weighted by atomic mass is 32.1. The second-order valence-electron chi connectivity index (χ2n) is 5.80. The molecule has 3 aromatic rings. The fourth-order valence-electron chi connectivity index (χ4n) is 2.68. The van der Waals surface area contributed by atoms with Gasteiger partial charge in [-0.1, -0.05) is 18.2 Å². The van der Waals surface area contributed by atoms with Crippen molar-refractivity contribution in [1.82, 2.24) is 4.90 Å². The van der Waals surface area contributed by atoms with Gasteiger partial charge < -0.3 is 14.4 Å². The minimum absolute atomic E-state index is 0.00975. The molecule has 0 radical (unpaired) electrons. The number of hydrogen-bond acceptors (Lipinski definition) is 5. The molecule has 0 atom stereocenters. The predicted octanol–water partition coefficient (Wildman–Crippen LogP) is 4.78. The number of hydrogen-bond donors (Lipinski definition) is 0. The zero-order valence-corrected chi connectivity index (χ0v) is 15.6. The Morgan fingerprint density at radius 1 is 1.00 bits per heavy atom. The van der Waals surface area contributed by atoms with Crippen LogP contribution in [0.3, 0.4) is 0 Å². The molecule has 1 aliphatic heterocycles. The standard InChI is InChI=1S/C20H17NO3S2/c22-20(8-6-15-5-7-18-19(11-15)24-14-23-18)21(12-16-3-1-9-25-16)13-17-4-2-10-26-17/h1-11H,12-14H2. The van der Waals surface area contributed by atoms with Crippen molar-refractivity contribution in [2.24, 2.45) is 0 Å². The van der Waals surface area contributed by atoms with Crippen LogP contribution in [0.5, 0.6) is 11.5 Å². The highest BCUT2D eigenvalue weighted by Gasteiger charge is 2.15. The molecule has 0 N–H and O–H groups in total. The smallest absolute Gasteiger partial charge is 0.247 e. The molecule has 2 aromatic heterocycles. The van der Waals surface area contributed by atoms with Gasteiger partial charge in [0.1, 0.15) is 0 Å². The zero-order chi connectivity index (χ0) is 17.8. The van der Waals surface area contributed by atoms with Gasteiger partial charge in [-0.05, 0) is 46.7 Å². The van der Waals surface area contributed by atoms with Gasteiger partial charge in [-0.2, -0.15) is 0 Å². The highest BCUT2D eigenvalue weighted by Crippen LogP contribution is 2.32. The van der Waals surface area contributed by atoms with Crippen LogP contribution < -0.4 is 9.47 Å². The monoisotopic (exact) mass is 383 g/mol. The van der Waals surface area contributed by atoms with Crippen LogP contribution in [-0.4, -0.2) is 17.6 Å². The summed E-state index contributed by atoms with van der Waals surface area (Å²) in [6.45, 7) is 1.47. The van der Waals surface area contributed by atoms with E-state index in [1.54, 1.807) is 28.7 Å². The molecule has 0 fully saturated rings. The Kier molecular flexibility index (Phi) is 5.04. The molecule has 0 spiro atoms. The van der Waals surface area contributed by atoms with Gasteiger partial charge in [0, 0.05) is 15.8 Å². The molecule has 4 nitrogen and oxygen atoms in total. The largest absolute Gasteiger partial charge is 0.454 e. The van der Waals surface area contributed by atoms with Gasteiger partial charge in [-0.25, -0.2) is 0 Å². The van der Waals surface area contributed by atoms with Crippen LogP contribution in [0.1, 0.15) is 15.3 Å². The zero-order valence-electron chi connectivity index (χ0n) is 14.0. The third kappa shape index (κ3) is 3.98. The predicted molar refractivity (Wildman–Crippen MR) is 104 cm³/mol. The lowest BCUT2D eigenvalue weighted by molar-refractivity contribution is -0.127. The van der Waals surface area contributed by atoms with Crippen molar-refractivity contribution in [2.75, 3.05) is 6.79 Å². The quantitative estimate of drug-likeness (QED) is 0.575. The van der Waals surface area contributed by atoms with Crippen molar-refractivity contribution in [3.05, 3.63) is 74.6 Å².